The van der Waals surface area contributed by atoms with E-state index in [0.717, 1.165) is 51.4 Å². The van der Waals surface area contributed by atoms with E-state index in [2.05, 4.69) is 16.0 Å². The summed E-state index contributed by atoms with van der Waals surface area (Å²) >= 11 is 0. The summed E-state index contributed by atoms with van der Waals surface area (Å²) in [4.78, 5) is 68.0. The van der Waals surface area contributed by atoms with Crippen LogP contribution in [0.2, 0.25) is 0 Å². The smallest absolute Gasteiger partial charge is 0.318 e. The van der Waals surface area contributed by atoms with Crippen LogP contribution < -0.4 is 16.0 Å². The highest BCUT2D eigenvalue weighted by Crippen LogP contribution is 2.29. The van der Waals surface area contributed by atoms with Gasteiger partial charge < -0.3 is 25.8 Å². The first-order chi connectivity index (χ1) is 17.8. The van der Waals surface area contributed by atoms with Crippen LogP contribution in [0.4, 0.5) is 4.79 Å². The summed E-state index contributed by atoms with van der Waals surface area (Å²) in [6.07, 6.45) is 9.97. The van der Waals surface area contributed by atoms with Gasteiger partial charge in [-0.3, -0.25) is 19.2 Å². The molecule has 1 heterocycles. The van der Waals surface area contributed by atoms with Crippen molar-refractivity contribution in [3.05, 3.63) is 0 Å². The molecule has 3 N–H and O–H groups in total. The molecule has 3 aliphatic rings. The maximum Gasteiger partial charge on any atom is 0.318 e. The van der Waals surface area contributed by atoms with Gasteiger partial charge in [-0.05, 0) is 38.5 Å². The Balaban J connectivity index is 1.69. The Kier molecular flexibility index (Phi) is 10.8. The molecule has 3 rings (SSSR count). The minimum atomic E-state index is -1.12. The molecule has 37 heavy (non-hydrogen) atoms. The number of amides is 5. The van der Waals surface area contributed by atoms with Gasteiger partial charge in [0.05, 0.1) is 6.04 Å². The maximum atomic E-state index is 13.7. The average molecular weight is 520 g/mol. The Morgan fingerprint density at radius 3 is 2.16 bits per heavy atom. The molecule has 0 bridgehead atoms. The van der Waals surface area contributed by atoms with E-state index in [9.17, 15) is 24.0 Å². The fraction of sp³-hybridized carbons (Fsp3) is 0.815. The zero-order valence-corrected chi connectivity index (χ0v) is 22.6. The summed E-state index contributed by atoms with van der Waals surface area (Å²) in [6.45, 7) is 5.51. The average Bonchev–Trinajstić information content (AvgIpc) is 3.26. The zero-order chi connectivity index (χ0) is 26.8. The molecule has 0 radical (unpaired) electrons. The van der Waals surface area contributed by atoms with Gasteiger partial charge in [0.25, 0.3) is 5.91 Å². The highest BCUT2D eigenvalue weighted by Gasteiger charge is 2.43. The highest BCUT2D eigenvalue weighted by molar-refractivity contribution is 6.38. The van der Waals surface area contributed by atoms with Gasteiger partial charge in [-0.15, -0.1) is 0 Å². The van der Waals surface area contributed by atoms with Gasteiger partial charge in [-0.25, -0.2) is 4.79 Å². The Morgan fingerprint density at radius 1 is 0.865 bits per heavy atom. The molecular weight excluding hydrogens is 474 g/mol. The lowest BCUT2D eigenvalue weighted by molar-refractivity contribution is -0.141. The van der Waals surface area contributed by atoms with E-state index in [0.29, 0.717) is 58.3 Å². The molecule has 2 aliphatic carbocycles. The number of Topliss-reactive ketones (excluding diaryl/α,β-unsaturated/α-hetero) is 1. The summed E-state index contributed by atoms with van der Waals surface area (Å²) in [5.74, 6) is -1.63. The molecule has 10 nitrogen and oxygen atoms in total. The van der Waals surface area contributed by atoms with Crippen molar-refractivity contribution in [2.24, 2.45) is 0 Å². The van der Waals surface area contributed by atoms with E-state index in [1.165, 1.54) is 6.92 Å². The quantitative estimate of drug-likeness (QED) is 0.403. The standard InChI is InChI=1S/C27H45N5O5/c1-3-4-13-22(23(34)24(35)28-21-11-6-7-12-21)29-25(36)27(14-8-5-9-15-27)30-26(37)32-17-10-16-31(18-19-32)20(2)33/h21-22H,3-19H2,1-2H3,(H,28,35)(H,29,36)(H,30,37)/t22-/m0/s1. The second-order valence-corrected chi connectivity index (χ2v) is 10.9. The van der Waals surface area contributed by atoms with E-state index >= 15 is 0 Å². The van der Waals surface area contributed by atoms with E-state index in [-0.39, 0.29) is 23.9 Å². The molecule has 3 fully saturated rings. The highest BCUT2D eigenvalue weighted by atomic mass is 16.2. The van der Waals surface area contributed by atoms with Crippen molar-refractivity contribution in [3.8, 4) is 0 Å². The van der Waals surface area contributed by atoms with E-state index in [1.807, 2.05) is 6.92 Å². The number of nitrogens with zero attached hydrogens (tertiary/aromatic N) is 2. The first-order valence-corrected chi connectivity index (χ1v) is 14.2. The molecule has 208 valence electrons. The van der Waals surface area contributed by atoms with Gasteiger partial charge in [0.15, 0.2) is 0 Å². The second kappa shape index (κ2) is 13.8. The van der Waals surface area contributed by atoms with Crippen LogP contribution in [0.15, 0.2) is 0 Å². The van der Waals surface area contributed by atoms with Gasteiger partial charge in [-0.1, -0.05) is 51.9 Å². The Bertz CT molecular complexity index is 835. The Morgan fingerprint density at radius 2 is 1.51 bits per heavy atom. The number of nitrogens with one attached hydrogen (secondary N) is 3. The second-order valence-electron chi connectivity index (χ2n) is 10.9. The predicted molar refractivity (Wildman–Crippen MR) is 140 cm³/mol. The predicted octanol–water partition coefficient (Wildman–Crippen LogP) is 2.26. The fourth-order valence-corrected chi connectivity index (χ4v) is 5.74. The lowest BCUT2D eigenvalue weighted by atomic mass is 9.80. The van der Waals surface area contributed by atoms with Gasteiger partial charge in [0, 0.05) is 39.1 Å². The number of ketones is 1. The number of unbranched alkanes of at least 4 members (excludes halogenated alkanes) is 1. The first kappa shape index (κ1) is 28.9. The van der Waals surface area contributed by atoms with Gasteiger partial charge >= 0.3 is 6.03 Å². The molecule has 5 amide bonds. The lowest BCUT2D eigenvalue weighted by Gasteiger charge is -2.39. The largest absolute Gasteiger partial charge is 0.347 e. The van der Waals surface area contributed by atoms with Gasteiger partial charge in [0.2, 0.25) is 17.6 Å². The molecule has 0 aromatic rings. The Labute approximate surface area is 220 Å². The first-order valence-electron chi connectivity index (χ1n) is 14.2. The number of carbonyl (C=O) groups is 5. The molecule has 0 unspecified atom stereocenters. The summed E-state index contributed by atoms with van der Waals surface area (Å²) in [6, 6.07) is -1.21. The van der Waals surface area contributed by atoms with Crippen LogP contribution in [0.25, 0.3) is 0 Å². The Hall–Kier alpha value is -2.65. The molecule has 10 heteroatoms. The monoisotopic (exact) mass is 519 g/mol. The topological polar surface area (TPSA) is 128 Å². The lowest BCUT2D eigenvalue weighted by Crippen LogP contribution is -2.64. The van der Waals surface area contributed by atoms with E-state index in [4.69, 9.17) is 0 Å². The van der Waals surface area contributed by atoms with Gasteiger partial charge in [0.1, 0.15) is 5.54 Å². The van der Waals surface area contributed by atoms with Crippen LogP contribution >= 0.6 is 0 Å². The van der Waals surface area contributed by atoms with Crippen molar-refractivity contribution < 1.29 is 24.0 Å². The summed E-state index contributed by atoms with van der Waals surface area (Å²) in [5, 5.41) is 8.74. The number of rotatable bonds is 9. The SMILES string of the molecule is CCCC[C@H](NC(=O)C1(NC(=O)N2CCCN(C(C)=O)CC2)CCCCC1)C(=O)C(=O)NC1CCCC1. The van der Waals surface area contributed by atoms with Crippen molar-refractivity contribution in [1.29, 1.82) is 0 Å². The summed E-state index contributed by atoms with van der Waals surface area (Å²) < 4.78 is 0. The van der Waals surface area contributed by atoms with Crippen molar-refractivity contribution in [2.75, 3.05) is 26.2 Å². The number of hydrogen-bond donors (Lipinski definition) is 3. The van der Waals surface area contributed by atoms with E-state index < -0.39 is 23.3 Å². The molecule has 0 aromatic heterocycles. The van der Waals surface area contributed by atoms with Crippen LogP contribution in [-0.2, 0) is 19.2 Å². The van der Waals surface area contributed by atoms with Gasteiger partial charge in [-0.2, -0.15) is 0 Å². The third kappa shape index (κ3) is 7.92. The summed E-state index contributed by atoms with van der Waals surface area (Å²) in [5.41, 5.74) is -1.12. The maximum absolute atomic E-state index is 13.7. The van der Waals surface area contributed by atoms with Crippen LogP contribution in [0, 0.1) is 0 Å². The van der Waals surface area contributed by atoms with Crippen molar-refractivity contribution >= 4 is 29.5 Å². The molecule has 0 aromatic carbocycles. The summed E-state index contributed by atoms with van der Waals surface area (Å²) in [7, 11) is 0. The van der Waals surface area contributed by atoms with Crippen molar-refractivity contribution in [2.45, 2.75) is 115 Å². The third-order valence-corrected chi connectivity index (χ3v) is 8.10. The molecule has 2 saturated carbocycles. The zero-order valence-electron chi connectivity index (χ0n) is 22.6. The fourth-order valence-electron chi connectivity index (χ4n) is 5.74. The van der Waals surface area contributed by atoms with Crippen LogP contribution in [0.3, 0.4) is 0 Å². The van der Waals surface area contributed by atoms with Crippen molar-refractivity contribution in [1.82, 2.24) is 25.8 Å². The van der Waals surface area contributed by atoms with Crippen LogP contribution in [0.5, 0.6) is 0 Å². The molecule has 1 aliphatic heterocycles. The normalized spacial score (nSPS) is 21.0. The minimum absolute atomic E-state index is 0.00913. The number of hydrogen-bond acceptors (Lipinski definition) is 5. The van der Waals surface area contributed by atoms with Crippen LogP contribution in [0.1, 0.15) is 97.3 Å². The third-order valence-electron chi connectivity index (χ3n) is 8.10. The number of carbonyl (C=O) groups excluding carboxylic acids is 5. The van der Waals surface area contributed by atoms with Crippen molar-refractivity contribution in [3.63, 3.8) is 0 Å². The molecular formula is C27H45N5O5. The molecule has 1 atom stereocenters. The molecule has 0 spiro atoms. The van der Waals surface area contributed by atoms with E-state index in [1.54, 1.807) is 9.80 Å². The minimum Gasteiger partial charge on any atom is -0.347 e. The molecule has 1 saturated heterocycles. The van der Waals surface area contributed by atoms with Crippen LogP contribution in [-0.4, -0.2) is 83.1 Å². The number of urea groups is 1.